The summed E-state index contributed by atoms with van der Waals surface area (Å²) in [6.07, 6.45) is 5.61. The Morgan fingerprint density at radius 2 is 2.25 bits per heavy atom. The van der Waals surface area contributed by atoms with Gasteiger partial charge in [-0.15, -0.1) is 0 Å². The Morgan fingerprint density at radius 1 is 1.38 bits per heavy atom. The van der Waals surface area contributed by atoms with Gasteiger partial charge in [-0.05, 0) is 19.3 Å². The third-order valence-electron chi connectivity index (χ3n) is 3.78. The number of nitrogens with zero attached hydrogens (tertiary/aromatic N) is 4. The maximum Gasteiger partial charge on any atom is 0.140 e. The molecule has 0 aromatic carbocycles. The average Bonchev–Trinajstić information content (AvgIpc) is 2.78. The highest BCUT2D eigenvalue weighted by molar-refractivity contribution is 4.92. The summed E-state index contributed by atoms with van der Waals surface area (Å²) in [7, 11) is 1.96. The maximum atomic E-state index is 4.29. The Balaban J connectivity index is 1.65. The summed E-state index contributed by atoms with van der Waals surface area (Å²) in [5.41, 5.74) is 0. The summed E-state index contributed by atoms with van der Waals surface area (Å²) in [6, 6.07) is 1.45. The van der Waals surface area contributed by atoms with Gasteiger partial charge in [-0.2, -0.15) is 5.10 Å². The van der Waals surface area contributed by atoms with Gasteiger partial charge in [0.05, 0.1) is 6.54 Å². The van der Waals surface area contributed by atoms with Gasteiger partial charge < -0.3 is 5.32 Å². The molecular formula is C11H19N5. The second-order valence-corrected chi connectivity index (χ2v) is 4.96. The summed E-state index contributed by atoms with van der Waals surface area (Å²) < 4.78 is 1.87. The molecule has 2 atom stereocenters. The molecule has 3 rings (SSSR count). The number of rotatable bonds is 2. The van der Waals surface area contributed by atoms with Gasteiger partial charge in [0.25, 0.3) is 0 Å². The lowest BCUT2D eigenvalue weighted by molar-refractivity contribution is 0.242. The van der Waals surface area contributed by atoms with Gasteiger partial charge in [0.1, 0.15) is 12.2 Å². The second kappa shape index (κ2) is 4.14. The Morgan fingerprint density at radius 3 is 3.06 bits per heavy atom. The van der Waals surface area contributed by atoms with Crippen molar-refractivity contribution in [2.24, 2.45) is 7.05 Å². The molecular weight excluding hydrogens is 202 g/mol. The molecule has 2 bridgehead atoms. The van der Waals surface area contributed by atoms with Crippen LogP contribution in [-0.4, -0.2) is 44.8 Å². The smallest absolute Gasteiger partial charge is 0.140 e. The van der Waals surface area contributed by atoms with Crippen molar-refractivity contribution >= 4 is 0 Å². The number of aryl methyl sites for hydroxylation is 1. The van der Waals surface area contributed by atoms with E-state index in [0.29, 0.717) is 6.04 Å². The van der Waals surface area contributed by atoms with Crippen LogP contribution >= 0.6 is 0 Å². The molecule has 16 heavy (non-hydrogen) atoms. The van der Waals surface area contributed by atoms with E-state index in [1.807, 2.05) is 11.7 Å². The van der Waals surface area contributed by atoms with Crippen molar-refractivity contribution in [3.05, 3.63) is 12.2 Å². The van der Waals surface area contributed by atoms with Crippen molar-refractivity contribution in [2.45, 2.75) is 37.9 Å². The van der Waals surface area contributed by atoms with E-state index in [0.717, 1.165) is 25.0 Å². The second-order valence-electron chi connectivity index (χ2n) is 4.96. The molecule has 88 valence electrons. The molecule has 5 heteroatoms. The van der Waals surface area contributed by atoms with Crippen LogP contribution < -0.4 is 5.32 Å². The zero-order valence-corrected chi connectivity index (χ0v) is 9.76. The first kappa shape index (κ1) is 10.2. The number of likely N-dealkylation sites (tertiary alicyclic amines) is 1. The van der Waals surface area contributed by atoms with Gasteiger partial charge in [-0.3, -0.25) is 9.58 Å². The Bertz CT molecular complexity index is 361. The first-order chi connectivity index (χ1) is 7.81. The zero-order valence-electron chi connectivity index (χ0n) is 9.76. The normalized spacial score (nSPS) is 30.6. The summed E-state index contributed by atoms with van der Waals surface area (Å²) >= 11 is 0. The molecule has 3 heterocycles. The van der Waals surface area contributed by atoms with Crippen LogP contribution in [0.1, 0.15) is 25.1 Å². The summed E-state index contributed by atoms with van der Waals surface area (Å²) in [6.45, 7) is 3.27. The molecule has 5 nitrogen and oxygen atoms in total. The van der Waals surface area contributed by atoms with Crippen LogP contribution in [0.4, 0.5) is 0 Å². The number of hydrogen-bond acceptors (Lipinski definition) is 4. The molecule has 0 saturated carbocycles. The summed E-state index contributed by atoms with van der Waals surface area (Å²) in [4.78, 5) is 6.79. The third-order valence-corrected chi connectivity index (χ3v) is 3.78. The molecule has 0 aliphatic carbocycles. The van der Waals surface area contributed by atoms with Crippen LogP contribution in [0.3, 0.4) is 0 Å². The largest absolute Gasteiger partial charge is 0.310 e. The summed E-state index contributed by atoms with van der Waals surface area (Å²) in [5, 5.41) is 7.81. The molecule has 1 N–H and O–H groups in total. The Kier molecular flexibility index (Phi) is 2.65. The molecule has 0 spiro atoms. The van der Waals surface area contributed by atoms with E-state index in [2.05, 4.69) is 20.3 Å². The van der Waals surface area contributed by atoms with Gasteiger partial charge in [-0.25, -0.2) is 4.98 Å². The molecule has 2 unspecified atom stereocenters. The number of nitrogens with one attached hydrogen (secondary N) is 1. The van der Waals surface area contributed by atoms with E-state index in [1.54, 1.807) is 6.33 Å². The minimum absolute atomic E-state index is 0.695. The lowest BCUT2D eigenvalue weighted by Gasteiger charge is -2.23. The van der Waals surface area contributed by atoms with Crippen molar-refractivity contribution in [3.63, 3.8) is 0 Å². The van der Waals surface area contributed by atoms with Crippen LogP contribution in [0.2, 0.25) is 0 Å². The van der Waals surface area contributed by atoms with E-state index >= 15 is 0 Å². The molecule has 2 fully saturated rings. The van der Waals surface area contributed by atoms with Crippen LogP contribution in [0.5, 0.6) is 0 Å². The van der Waals surface area contributed by atoms with Crippen LogP contribution in [0.25, 0.3) is 0 Å². The van der Waals surface area contributed by atoms with Gasteiger partial charge >= 0.3 is 0 Å². The Hall–Kier alpha value is -0.940. The highest BCUT2D eigenvalue weighted by atomic mass is 15.3. The monoisotopic (exact) mass is 221 g/mol. The number of hydrogen-bond donors (Lipinski definition) is 1. The van der Waals surface area contributed by atoms with E-state index in [9.17, 15) is 0 Å². The van der Waals surface area contributed by atoms with Crippen molar-refractivity contribution in [3.8, 4) is 0 Å². The maximum absolute atomic E-state index is 4.29. The van der Waals surface area contributed by atoms with Crippen molar-refractivity contribution in [1.82, 2.24) is 25.0 Å². The van der Waals surface area contributed by atoms with E-state index in [1.165, 1.54) is 25.8 Å². The predicted octanol–water partition coefficient (Wildman–Crippen LogP) is 0.141. The molecule has 2 aliphatic heterocycles. The highest BCUT2D eigenvalue weighted by Crippen LogP contribution is 2.20. The molecule has 2 saturated heterocycles. The van der Waals surface area contributed by atoms with Crippen molar-refractivity contribution < 1.29 is 0 Å². The SMILES string of the molecule is Cn1ncnc1CN1CCC2CCC(C1)N2. The molecule has 0 radical (unpaired) electrons. The van der Waals surface area contributed by atoms with Gasteiger partial charge in [0, 0.05) is 32.2 Å². The van der Waals surface area contributed by atoms with Crippen molar-refractivity contribution in [2.75, 3.05) is 13.1 Å². The zero-order chi connectivity index (χ0) is 11.0. The number of aromatic nitrogens is 3. The fraction of sp³-hybridized carbons (Fsp3) is 0.818. The highest BCUT2D eigenvalue weighted by Gasteiger charge is 2.29. The topological polar surface area (TPSA) is 46.0 Å². The average molecular weight is 221 g/mol. The van der Waals surface area contributed by atoms with Gasteiger partial charge in [0.2, 0.25) is 0 Å². The first-order valence-electron chi connectivity index (χ1n) is 6.12. The van der Waals surface area contributed by atoms with Gasteiger partial charge in [0.15, 0.2) is 0 Å². The van der Waals surface area contributed by atoms with E-state index < -0.39 is 0 Å². The fourth-order valence-corrected chi connectivity index (χ4v) is 2.82. The van der Waals surface area contributed by atoms with Crippen LogP contribution in [0, 0.1) is 0 Å². The minimum atomic E-state index is 0.695. The number of fused-ring (bicyclic) bond motifs is 2. The molecule has 1 aromatic rings. The third kappa shape index (κ3) is 1.97. The summed E-state index contributed by atoms with van der Waals surface area (Å²) in [5.74, 6) is 1.07. The lowest BCUT2D eigenvalue weighted by atomic mass is 10.1. The molecule has 0 amide bonds. The van der Waals surface area contributed by atoms with Crippen LogP contribution in [-0.2, 0) is 13.6 Å². The minimum Gasteiger partial charge on any atom is -0.310 e. The lowest BCUT2D eigenvalue weighted by Crippen LogP contribution is -2.35. The predicted molar refractivity (Wildman–Crippen MR) is 60.8 cm³/mol. The molecule has 2 aliphatic rings. The quantitative estimate of drug-likeness (QED) is 0.772. The van der Waals surface area contributed by atoms with E-state index in [-0.39, 0.29) is 0 Å². The van der Waals surface area contributed by atoms with E-state index in [4.69, 9.17) is 0 Å². The first-order valence-corrected chi connectivity index (χ1v) is 6.12. The Labute approximate surface area is 95.8 Å². The van der Waals surface area contributed by atoms with Gasteiger partial charge in [-0.1, -0.05) is 0 Å². The van der Waals surface area contributed by atoms with Crippen LogP contribution in [0.15, 0.2) is 6.33 Å². The fourth-order valence-electron chi connectivity index (χ4n) is 2.82. The molecule has 1 aromatic heterocycles. The van der Waals surface area contributed by atoms with Crippen molar-refractivity contribution in [1.29, 1.82) is 0 Å². The standard InChI is InChI=1S/C11H19N5/c1-15-11(12-8-13-15)7-16-5-4-9-2-3-10(6-16)14-9/h8-10,14H,2-7H2,1H3.